The Morgan fingerprint density at radius 3 is 2.57 bits per heavy atom. The number of methoxy groups -OCH3 is 1. The van der Waals surface area contributed by atoms with Gasteiger partial charge in [-0.05, 0) is 42.4 Å². The molecule has 0 radical (unpaired) electrons. The predicted molar refractivity (Wildman–Crippen MR) is 125 cm³/mol. The molecule has 0 aliphatic carbocycles. The third-order valence-corrected chi connectivity index (χ3v) is 10.8. The summed E-state index contributed by atoms with van der Waals surface area (Å²) in [6, 6.07) is 8.25. The molecule has 0 saturated carbocycles. The molecule has 0 unspecified atom stereocenters. The molecule has 0 aliphatic rings. The summed E-state index contributed by atoms with van der Waals surface area (Å²) in [5.74, 6) is 0.839. The Labute approximate surface area is 178 Å². The minimum atomic E-state index is -1.78. The predicted octanol–water partition coefficient (Wildman–Crippen LogP) is 5.61. The van der Waals surface area contributed by atoms with Crippen molar-refractivity contribution in [3.05, 3.63) is 42.9 Å². The molecule has 0 amide bonds. The van der Waals surface area contributed by atoms with Crippen LogP contribution in [0, 0.1) is 0 Å². The van der Waals surface area contributed by atoms with E-state index in [0.29, 0.717) is 6.61 Å². The summed E-state index contributed by atoms with van der Waals surface area (Å²) in [5, 5.41) is 1.34. The molecule has 4 rings (SSSR count). The van der Waals surface area contributed by atoms with Crippen molar-refractivity contribution in [2.45, 2.75) is 45.4 Å². The van der Waals surface area contributed by atoms with Crippen molar-refractivity contribution in [2.75, 3.05) is 13.7 Å². The van der Waals surface area contributed by atoms with Crippen molar-refractivity contribution in [3.63, 3.8) is 0 Å². The third kappa shape index (κ3) is 3.75. The molecule has 3 heterocycles. The van der Waals surface area contributed by atoms with Gasteiger partial charge in [0.05, 0.1) is 19.4 Å². The topological polar surface area (TPSA) is 65.0 Å². The number of H-pyrrole nitrogens is 1. The first kappa shape index (κ1) is 20.6. The third-order valence-electron chi connectivity index (χ3n) is 6.24. The van der Waals surface area contributed by atoms with Crippen molar-refractivity contribution >= 4 is 30.4 Å². The maximum Gasteiger partial charge on any atom is 0.192 e. The maximum atomic E-state index is 6.42. The van der Waals surface area contributed by atoms with Gasteiger partial charge in [-0.2, -0.15) is 0 Å². The average Bonchev–Trinajstić information content (AvgIpc) is 3.28. The van der Waals surface area contributed by atoms with E-state index >= 15 is 0 Å². The molecular weight excluding hydrogens is 392 g/mol. The van der Waals surface area contributed by atoms with Gasteiger partial charge in [0.2, 0.25) is 0 Å². The number of aromatic nitrogens is 4. The highest BCUT2D eigenvalue weighted by Gasteiger charge is 2.36. The molecule has 0 fully saturated rings. The van der Waals surface area contributed by atoms with E-state index in [1.54, 1.807) is 19.5 Å². The lowest BCUT2D eigenvalue weighted by Gasteiger charge is -2.36. The smallest absolute Gasteiger partial charge is 0.192 e. The molecule has 0 aliphatic heterocycles. The standard InChI is InChI=1S/C23H30N4O2Si/c1-23(2,3)30(5,6)29-12-11-27-15-18(17-13-16(28-4)7-8-21(17)27)19-14-20-22(26-19)25-10-9-24-20/h7-10,13-15H,11-12H2,1-6H3,(H,25,26). The number of ether oxygens (including phenoxy) is 1. The van der Waals surface area contributed by atoms with Crippen molar-refractivity contribution < 1.29 is 9.16 Å². The summed E-state index contributed by atoms with van der Waals surface area (Å²) in [6.07, 6.45) is 5.60. The SMILES string of the molecule is COc1ccc2c(c1)c(-c1cc3nccnc3[nH]1)cn2CCO[Si](C)(C)C(C)(C)C. The van der Waals surface area contributed by atoms with Crippen molar-refractivity contribution in [1.29, 1.82) is 0 Å². The van der Waals surface area contributed by atoms with E-state index in [4.69, 9.17) is 9.16 Å². The normalized spacial score (nSPS) is 12.7. The Hall–Kier alpha value is -2.64. The van der Waals surface area contributed by atoms with E-state index < -0.39 is 8.32 Å². The fraction of sp³-hybridized carbons (Fsp3) is 0.391. The van der Waals surface area contributed by atoms with Crippen LogP contribution in [-0.2, 0) is 11.0 Å². The highest BCUT2D eigenvalue weighted by molar-refractivity contribution is 6.74. The summed E-state index contributed by atoms with van der Waals surface area (Å²) in [5.41, 5.74) is 4.91. The first-order valence-corrected chi connectivity index (χ1v) is 13.2. The van der Waals surface area contributed by atoms with Crippen LogP contribution in [0.3, 0.4) is 0 Å². The molecule has 1 N–H and O–H groups in total. The van der Waals surface area contributed by atoms with Gasteiger partial charge in [0.1, 0.15) is 11.3 Å². The molecule has 7 heteroatoms. The Morgan fingerprint density at radius 2 is 1.87 bits per heavy atom. The summed E-state index contributed by atoms with van der Waals surface area (Å²) in [6.45, 7) is 12.9. The van der Waals surface area contributed by atoms with Crippen LogP contribution in [0.2, 0.25) is 18.1 Å². The van der Waals surface area contributed by atoms with Gasteiger partial charge in [-0.15, -0.1) is 0 Å². The quantitative estimate of drug-likeness (QED) is 0.410. The summed E-state index contributed by atoms with van der Waals surface area (Å²) in [7, 11) is -0.0803. The van der Waals surface area contributed by atoms with E-state index in [0.717, 1.165) is 45.6 Å². The lowest BCUT2D eigenvalue weighted by Crippen LogP contribution is -2.41. The van der Waals surface area contributed by atoms with Crippen LogP contribution < -0.4 is 4.74 Å². The lowest BCUT2D eigenvalue weighted by molar-refractivity contribution is 0.273. The fourth-order valence-corrected chi connectivity index (χ4v) is 4.45. The second kappa shape index (κ2) is 7.56. The molecule has 6 nitrogen and oxygen atoms in total. The first-order valence-electron chi connectivity index (χ1n) is 10.3. The number of hydrogen-bond donors (Lipinski definition) is 1. The maximum absolute atomic E-state index is 6.42. The highest BCUT2D eigenvalue weighted by Crippen LogP contribution is 2.37. The molecule has 158 valence electrons. The van der Waals surface area contributed by atoms with Gasteiger partial charge < -0.3 is 18.7 Å². The Kier molecular flexibility index (Phi) is 5.19. The number of nitrogens with one attached hydrogen (secondary N) is 1. The summed E-state index contributed by atoms with van der Waals surface area (Å²) < 4.78 is 14.2. The molecule has 4 aromatic rings. The number of fused-ring (bicyclic) bond motifs is 2. The highest BCUT2D eigenvalue weighted by atomic mass is 28.4. The molecule has 3 aromatic heterocycles. The van der Waals surface area contributed by atoms with Gasteiger partial charge in [0.25, 0.3) is 0 Å². The zero-order valence-corrected chi connectivity index (χ0v) is 19.6. The lowest BCUT2D eigenvalue weighted by atomic mass is 10.1. The van der Waals surface area contributed by atoms with Crippen LogP contribution in [0.5, 0.6) is 5.75 Å². The van der Waals surface area contributed by atoms with Crippen molar-refractivity contribution in [1.82, 2.24) is 19.5 Å². The van der Waals surface area contributed by atoms with Crippen LogP contribution in [-0.4, -0.2) is 41.6 Å². The largest absolute Gasteiger partial charge is 0.497 e. The second-order valence-electron chi connectivity index (χ2n) is 9.20. The van der Waals surface area contributed by atoms with Gasteiger partial charge in [0, 0.05) is 41.6 Å². The minimum absolute atomic E-state index is 0.203. The van der Waals surface area contributed by atoms with Gasteiger partial charge in [-0.1, -0.05) is 20.8 Å². The van der Waals surface area contributed by atoms with E-state index in [1.165, 1.54) is 0 Å². The van der Waals surface area contributed by atoms with Gasteiger partial charge >= 0.3 is 0 Å². The minimum Gasteiger partial charge on any atom is -0.497 e. The fourth-order valence-electron chi connectivity index (χ4n) is 3.41. The number of rotatable bonds is 6. The Morgan fingerprint density at radius 1 is 1.10 bits per heavy atom. The summed E-state index contributed by atoms with van der Waals surface area (Å²) in [4.78, 5) is 12.2. The monoisotopic (exact) mass is 422 g/mol. The van der Waals surface area contributed by atoms with Crippen LogP contribution in [0.1, 0.15) is 20.8 Å². The number of nitrogens with zero attached hydrogens (tertiary/aromatic N) is 3. The van der Waals surface area contributed by atoms with Crippen LogP contribution >= 0.6 is 0 Å². The van der Waals surface area contributed by atoms with E-state index in [-0.39, 0.29) is 5.04 Å². The average molecular weight is 423 g/mol. The van der Waals surface area contributed by atoms with Crippen LogP contribution in [0.4, 0.5) is 0 Å². The van der Waals surface area contributed by atoms with Crippen LogP contribution in [0.15, 0.2) is 42.9 Å². The second-order valence-corrected chi connectivity index (χ2v) is 14.0. The zero-order chi connectivity index (χ0) is 21.5. The molecule has 0 spiro atoms. The first-order chi connectivity index (χ1) is 14.2. The molecule has 0 bridgehead atoms. The number of aromatic amines is 1. The van der Waals surface area contributed by atoms with Gasteiger partial charge in [-0.3, -0.25) is 4.98 Å². The van der Waals surface area contributed by atoms with Crippen molar-refractivity contribution in [3.8, 4) is 17.0 Å². The van der Waals surface area contributed by atoms with E-state index in [2.05, 4.69) is 71.7 Å². The zero-order valence-electron chi connectivity index (χ0n) is 18.6. The van der Waals surface area contributed by atoms with E-state index in [9.17, 15) is 0 Å². The molecule has 30 heavy (non-hydrogen) atoms. The van der Waals surface area contributed by atoms with Gasteiger partial charge in [0.15, 0.2) is 14.0 Å². The Balaban J connectivity index is 1.70. The van der Waals surface area contributed by atoms with Gasteiger partial charge in [-0.25, -0.2) is 4.98 Å². The molecule has 0 saturated heterocycles. The number of hydrogen-bond acceptors (Lipinski definition) is 4. The van der Waals surface area contributed by atoms with E-state index in [1.807, 2.05) is 12.1 Å². The van der Waals surface area contributed by atoms with Crippen molar-refractivity contribution in [2.24, 2.45) is 0 Å². The summed E-state index contributed by atoms with van der Waals surface area (Å²) >= 11 is 0. The molecule has 1 aromatic carbocycles. The molecule has 0 atom stereocenters. The number of benzene rings is 1. The Bertz CT molecular complexity index is 1150. The molecular formula is C23H30N4O2Si. The van der Waals surface area contributed by atoms with Crippen LogP contribution in [0.25, 0.3) is 33.3 Å².